The highest BCUT2D eigenvalue weighted by molar-refractivity contribution is 7.89. The van der Waals surface area contributed by atoms with Gasteiger partial charge in [0.05, 0.1) is 18.2 Å². The lowest BCUT2D eigenvalue weighted by Crippen LogP contribution is -2.40. The van der Waals surface area contributed by atoms with Crippen molar-refractivity contribution >= 4 is 50.6 Å². The summed E-state index contributed by atoms with van der Waals surface area (Å²) in [6.45, 7) is 3.22. The molecule has 6 nitrogen and oxygen atoms in total. The van der Waals surface area contributed by atoms with Gasteiger partial charge < -0.3 is 10.1 Å². The van der Waals surface area contributed by atoms with Crippen LogP contribution in [-0.2, 0) is 19.6 Å². The molecule has 1 aliphatic heterocycles. The third kappa shape index (κ3) is 4.77. The Labute approximate surface area is 167 Å². The molecule has 0 atom stereocenters. The highest BCUT2D eigenvalue weighted by atomic mass is 35.5. The molecule has 144 valence electrons. The predicted octanol–water partition coefficient (Wildman–Crippen LogP) is 3.38. The van der Waals surface area contributed by atoms with Gasteiger partial charge in [-0.15, -0.1) is 11.3 Å². The molecule has 0 unspecified atom stereocenters. The van der Waals surface area contributed by atoms with Gasteiger partial charge >= 0.3 is 0 Å². The molecule has 1 saturated heterocycles. The average Bonchev–Trinajstić information content (AvgIpc) is 3.07. The van der Waals surface area contributed by atoms with Crippen molar-refractivity contribution in [2.45, 2.75) is 11.8 Å². The number of halogens is 1. The van der Waals surface area contributed by atoms with Crippen LogP contribution >= 0.6 is 22.9 Å². The molecule has 0 bridgehead atoms. The Morgan fingerprint density at radius 2 is 2.04 bits per heavy atom. The number of carbonyl (C=O) groups excluding carboxylic acids is 1. The molecule has 1 N–H and O–H groups in total. The molecule has 0 aliphatic carbocycles. The predicted molar refractivity (Wildman–Crippen MR) is 108 cm³/mol. The first-order chi connectivity index (χ1) is 12.9. The topological polar surface area (TPSA) is 75.7 Å². The van der Waals surface area contributed by atoms with Gasteiger partial charge in [-0.05, 0) is 48.2 Å². The largest absolute Gasteiger partial charge is 0.379 e. The summed E-state index contributed by atoms with van der Waals surface area (Å²) in [5.74, 6) is -0.347. The second-order valence-electron chi connectivity index (χ2n) is 5.95. The minimum Gasteiger partial charge on any atom is -0.379 e. The van der Waals surface area contributed by atoms with Crippen molar-refractivity contribution in [3.63, 3.8) is 0 Å². The van der Waals surface area contributed by atoms with E-state index in [1.54, 1.807) is 23.5 Å². The third-order valence-electron chi connectivity index (χ3n) is 4.07. The normalized spacial score (nSPS) is 15.9. The maximum Gasteiger partial charge on any atom is 0.248 e. The number of hydrogen-bond donors (Lipinski definition) is 1. The molecule has 27 heavy (non-hydrogen) atoms. The molecule has 9 heteroatoms. The zero-order valence-electron chi connectivity index (χ0n) is 14.6. The van der Waals surface area contributed by atoms with E-state index >= 15 is 0 Å². The van der Waals surface area contributed by atoms with E-state index in [0.29, 0.717) is 18.9 Å². The molecule has 1 aliphatic rings. The summed E-state index contributed by atoms with van der Waals surface area (Å²) in [6, 6.07) is 6.40. The summed E-state index contributed by atoms with van der Waals surface area (Å²) in [6.07, 6.45) is 3.15. The number of aryl methyl sites for hydroxylation is 1. The summed E-state index contributed by atoms with van der Waals surface area (Å²) in [4.78, 5) is 13.1. The van der Waals surface area contributed by atoms with Gasteiger partial charge in [-0.2, -0.15) is 4.31 Å². The number of morpholine rings is 1. The average molecular weight is 427 g/mol. The van der Waals surface area contributed by atoms with Gasteiger partial charge in [0.1, 0.15) is 4.90 Å². The summed E-state index contributed by atoms with van der Waals surface area (Å²) < 4.78 is 32.2. The van der Waals surface area contributed by atoms with Gasteiger partial charge in [0.2, 0.25) is 15.9 Å². The highest BCUT2D eigenvalue weighted by Gasteiger charge is 2.28. The minimum absolute atomic E-state index is 0.0260. The third-order valence-corrected chi connectivity index (χ3v) is 7.44. The lowest BCUT2D eigenvalue weighted by molar-refractivity contribution is -0.111. The van der Waals surface area contributed by atoms with E-state index in [2.05, 4.69) is 5.32 Å². The first-order valence-corrected chi connectivity index (χ1v) is 11.0. The number of rotatable bonds is 5. The lowest BCUT2D eigenvalue weighted by atomic mass is 10.2. The van der Waals surface area contributed by atoms with Crippen molar-refractivity contribution in [2.75, 3.05) is 31.6 Å². The summed E-state index contributed by atoms with van der Waals surface area (Å²) in [5, 5.41) is 4.75. The van der Waals surface area contributed by atoms with Gasteiger partial charge in [-0.1, -0.05) is 11.6 Å². The number of ether oxygens (including phenoxy) is 1. The SMILES string of the molecule is Cc1ccsc1/C=C/C(=O)Nc1ccc(Cl)c(S(=O)(=O)N2CCOCC2)c1. The molecule has 0 radical (unpaired) electrons. The highest BCUT2D eigenvalue weighted by Crippen LogP contribution is 2.28. The number of anilines is 1. The second kappa shape index (κ2) is 8.53. The second-order valence-corrected chi connectivity index (χ2v) is 9.21. The molecule has 0 spiro atoms. The first-order valence-electron chi connectivity index (χ1n) is 8.28. The summed E-state index contributed by atoms with van der Waals surface area (Å²) in [7, 11) is -3.75. The van der Waals surface area contributed by atoms with E-state index in [1.165, 1.54) is 22.5 Å². The van der Waals surface area contributed by atoms with Crippen LogP contribution in [0.4, 0.5) is 5.69 Å². The number of sulfonamides is 1. The van der Waals surface area contributed by atoms with Crippen LogP contribution in [0.15, 0.2) is 40.6 Å². The maximum atomic E-state index is 12.8. The molecule has 2 aromatic rings. The number of amides is 1. The zero-order chi connectivity index (χ0) is 19.4. The van der Waals surface area contributed by atoms with Gasteiger partial charge in [0, 0.05) is 29.7 Å². The van der Waals surface area contributed by atoms with Gasteiger partial charge in [0.25, 0.3) is 0 Å². The van der Waals surface area contributed by atoms with E-state index in [0.717, 1.165) is 10.4 Å². The van der Waals surface area contributed by atoms with E-state index < -0.39 is 10.0 Å². The fraction of sp³-hybridized carbons (Fsp3) is 0.278. The Bertz CT molecular complexity index is 963. The number of carbonyl (C=O) groups is 1. The van der Waals surface area contributed by atoms with Crippen LogP contribution in [0.5, 0.6) is 0 Å². The number of nitrogens with zero attached hydrogens (tertiary/aromatic N) is 1. The molecule has 1 amide bonds. The summed E-state index contributed by atoms with van der Waals surface area (Å²) in [5.41, 5.74) is 1.46. The monoisotopic (exact) mass is 426 g/mol. The van der Waals surface area contributed by atoms with E-state index in [9.17, 15) is 13.2 Å². The number of nitrogens with one attached hydrogen (secondary N) is 1. The zero-order valence-corrected chi connectivity index (χ0v) is 17.0. The fourth-order valence-corrected chi connectivity index (χ4v) is 5.32. The Morgan fingerprint density at radius 1 is 1.30 bits per heavy atom. The number of thiophene rings is 1. The van der Waals surface area contributed by atoms with Gasteiger partial charge in [-0.25, -0.2) is 8.42 Å². The van der Waals surface area contributed by atoms with Crippen LogP contribution in [0, 0.1) is 6.92 Å². The van der Waals surface area contributed by atoms with Crippen molar-refractivity contribution in [1.82, 2.24) is 4.31 Å². The quantitative estimate of drug-likeness (QED) is 0.743. The van der Waals surface area contributed by atoms with Crippen LogP contribution in [0.2, 0.25) is 5.02 Å². The van der Waals surface area contributed by atoms with E-state index in [-0.39, 0.29) is 28.9 Å². The molecule has 2 heterocycles. The van der Waals surface area contributed by atoms with Crippen molar-refractivity contribution in [1.29, 1.82) is 0 Å². The van der Waals surface area contributed by atoms with E-state index in [1.807, 2.05) is 18.4 Å². The van der Waals surface area contributed by atoms with Gasteiger partial charge in [0.15, 0.2) is 0 Å². The number of hydrogen-bond acceptors (Lipinski definition) is 5. The smallest absolute Gasteiger partial charge is 0.248 e. The molecule has 1 aromatic carbocycles. The minimum atomic E-state index is -3.75. The van der Waals surface area contributed by atoms with Crippen LogP contribution in [0.3, 0.4) is 0 Å². The van der Waals surface area contributed by atoms with Crippen molar-refractivity contribution in [2.24, 2.45) is 0 Å². The Kier molecular flexibility index (Phi) is 6.33. The van der Waals surface area contributed by atoms with E-state index in [4.69, 9.17) is 16.3 Å². The Balaban J connectivity index is 1.77. The van der Waals surface area contributed by atoms with Crippen LogP contribution in [0.1, 0.15) is 10.4 Å². The number of benzene rings is 1. The first kappa shape index (κ1) is 20.0. The molecule has 1 fully saturated rings. The molecule has 1 aromatic heterocycles. The Morgan fingerprint density at radius 3 is 2.70 bits per heavy atom. The van der Waals surface area contributed by atoms with Gasteiger partial charge in [-0.3, -0.25) is 4.79 Å². The molecule has 0 saturated carbocycles. The van der Waals surface area contributed by atoms with Crippen LogP contribution in [-0.4, -0.2) is 44.9 Å². The van der Waals surface area contributed by atoms with Crippen molar-refractivity contribution in [3.8, 4) is 0 Å². The molecular formula is C18H19ClN2O4S2. The van der Waals surface area contributed by atoms with Crippen molar-refractivity contribution < 1.29 is 17.9 Å². The molecular weight excluding hydrogens is 408 g/mol. The van der Waals surface area contributed by atoms with Crippen molar-refractivity contribution in [3.05, 3.63) is 51.2 Å². The van der Waals surface area contributed by atoms with Crippen LogP contribution in [0.25, 0.3) is 6.08 Å². The van der Waals surface area contributed by atoms with Crippen LogP contribution < -0.4 is 5.32 Å². The Hall–Kier alpha value is -1.71. The summed E-state index contributed by atoms with van der Waals surface area (Å²) >= 11 is 7.66. The maximum absolute atomic E-state index is 12.8. The standard InChI is InChI=1S/C18H19ClN2O4S2/c1-13-6-11-26-16(13)4-5-18(22)20-14-2-3-15(19)17(12-14)27(23,24)21-7-9-25-10-8-21/h2-6,11-12H,7-10H2,1H3,(H,20,22)/b5-4+. The lowest BCUT2D eigenvalue weighted by Gasteiger charge is -2.26. The fourth-order valence-electron chi connectivity index (χ4n) is 2.60. The molecule has 3 rings (SSSR count).